The Balaban J connectivity index is 4.88. The zero-order valence-corrected chi connectivity index (χ0v) is 12.2. The largest absolute Gasteiger partial charge is 0.464 e. The van der Waals surface area contributed by atoms with E-state index in [9.17, 15) is 19.2 Å². The van der Waals surface area contributed by atoms with Gasteiger partial charge in [0.1, 0.15) is 0 Å². The lowest BCUT2D eigenvalue weighted by Gasteiger charge is -2.18. The van der Waals surface area contributed by atoms with E-state index in [0.29, 0.717) is 10.2 Å². The summed E-state index contributed by atoms with van der Waals surface area (Å²) in [7, 11) is 0.486. The molecule has 0 bridgehead atoms. The summed E-state index contributed by atoms with van der Waals surface area (Å²) >= 11 is 0. The summed E-state index contributed by atoms with van der Waals surface area (Å²) < 4.78 is 4.91. The van der Waals surface area contributed by atoms with Gasteiger partial charge < -0.3 is 4.74 Å². The van der Waals surface area contributed by atoms with Crippen LogP contribution in [-0.4, -0.2) is 46.0 Å². The first kappa shape index (κ1) is 16.6. The van der Waals surface area contributed by atoms with E-state index >= 15 is 0 Å². The van der Waals surface area contributed by atoms with E-state index in [1.165, 1.54) is 18.2 Å². The lowest BCUT2D eigenvalue weighted by molar-refractivity contribution is -0.139. The number of nitrogens with zero attached hydrogens (tertiary/aromatic N) is 3. The lowest BCUT2D eigenvalue weighted by atomic mass is 10.2. The average molecular weight is 281 g/mol. The van der Waals surface area contributed by atoms with Crippen molar-refractivity contribution in [2.24, 2.45) is 15.0 Å². The smallest absolute Gasteiger partial charge is 0.330 e. The van der Waals surface area contributed by atoms with Crippen LogP contribution in [0, 0.1) is 0 Å². The van der Waals surface area contributed by atoms with Crippen molar-refractivity contribution < 1.29 is 23.9 Å². The Hall–Kier alpha value is -2.43. The minimum atomic E-state index is -1.92. The van der Waals surface area contributed by atoms with Gasteiger partial charge in [0.15, 0.2) is 0 Å². The summed E-state index contributed by atoms with van der Waals surface area (Å²) in [5.74, 6) is -2.52. The molecule has 1 atom stereocenters. The Kier molecular flexibility index (Phi) is 7.52. The lowest BCUT2D eigenvalue weighted by Crippen LogP contribution is -2.25. The van der Waals surface area contributed by atoms with E-state index in [1.54, 1.807) is 0 Å². The van der Waals surface area contributed by atoms with Crippen molar-refractivity contribution in [3.05, 3.63) is 12.7 Å². The first-order valence-corrected chi connectivity index (χ1v) is 6.29. The van der Waals surface area contributed by atoms with E-state index in [1.807, 2.05) is 0 Å². The second-order valence-corrected chi connectivity index (χ2v) is 4.66. The van der Waals surface area contributed by atoms with Crippen molar-refractivity contribution in [1.82, 2.24) is 0 Å². The number of hydrogen-bond acceptors (Lipinski definition) is 8. The standard InChI is InChI=1S/C10H11N3O5Si/c1-2-8(17)18-9(19)3-4-10(11-5-14,12-6-15)13-7-16/h2,9H,1,3-4H2,19H3. The number of isocyanates is 3. The summed E-state index contributed by atoms with van der Waals surface area (Å²) in [6, 6.07) is 0. The highest BCUT2D eigenvalue weighted by atomic mass is 28.1. The van der Waals surface area contributed by atoms with Gasteiger partial charge in [-0.1, -0.05) is 6.58 Å². The molecular formula is C10H11N3O5Si. The Bertz CT molecular complexity index is 442. The van der Waals surface area contributed by atoms with Gasteiger partial charge in [-0.15, -0.1) is 0 Å². The first-order valence-electron chi connectivity index (χ1n) is 5.13. The number of hydrogen-bond donors (Lipinski definition) is 0. The van der Waals surface area contributed by atoms with Crippen LogP contribution in [0.3, 0.4) is 0 Å². The Labute approximate surface area is 111 Å². The molecule has 1 unspecified atom stereocenters. The molecule has 0 aliphatic heterocycles. The second kappa shape index (κ2) is 8.63. The van der Waals surface area contributed by atoms with Crippen molar-refractivity contribution in [1.29, 1.82) is 0 Å². The van der Waals surface area contributed by atoms with Gasteiger partial charge in [-0.3, -0.25) is 0 Å². The summed E-state index contributed by atoms with van der Waals surface area (Å²) in [5.41, 5.74) is -0.435. The molecule has 0 aliphatic carbocycles. The molecular weight excluding hydrogens is 270 g/mol. The zero-order chi connectivity index (χ0) is 14.7. The molecule has 0 saturated carbocycles. The van der Waals surface area contributed by atoms with Crippen LogP contribution in [-0.2, 0) is 23.9 Å². The molecule has 0 saturated heterocycles. The highest BCUT2D eigenvalue weighted by Gasteiger charge is 2.29. The minimum Gasteiger partial charge on any atom is -0.464 e. The normalized spacial score (nSPS) is 13.7. The number of carbonyl (C=O) groups is 1. The molecule has 100 valence electrons. The average Bonchev–Trinajstić information content (AvgIpc) is 2.37. The fourth-order valence-electron chi connectivity index (χ4n) is 1.16. The van der Waals surface area contributed by atoms with Gasteiger partial charge in [0.2, 0.25) is 18.2 Å². The van der Waals surface area contributed by atoms with Gasteiger partial charge in [-0.05, 0) is 6.42 Å². The maximum atomic E-state index is 10.9. The van der Waals surface area contributed by atoms with Crippen LogP contribution in [0.2, 0.25) is 0 Å². The van der Waals surface area contributed by atoms with Crippen molar-refractivity contribution in [3.63, 3.8) is 0 Å². The summed E-state index contributed by atoms with van der Waals surface area (Å²) in [5, 5.41) is 0. The Morgan fingerprint density at radius 1 is 1.26 bits per heavy atom. The molecule has 8 nitrogen and oxygen atoms in total. The summed E-state index contributed by atoms with van der Waals surface area (Å²) in [6.07, 6.45) is 4.63. The number of carbonyl (C=O) groups excluding carboxylic acids is 4. The quantitative estimate of drug-likeness (QED) is 0.183. The molecule has 0 fully saturated rings. The summed E-state index contributed by atoms with van der Waals surface area (Å²) in [4.78, 5) is 51.4. The molecule has 9 heteroatoms. The predicted octanol–water partition coefficient (Wildman–Crippen LogP) is -1.15. The first-order chi connectivity index (χ1) is 9.03. The Morgan fingerprint density at radius 3 is 2.11 bits per heavy atom. The maximum absolute atomic E-state index is 10.9. The number of rotatable bonds is 8. The van der Waals surface area contributed by atoms with E-state index in [0.717, 1.165) is 6.08 Å². The topological polar surface area (TPSA) is 115 Å². The molecule has 0 aromatic carbocycles. The molecule has 0 radical (unpaired) electrons. The number of aliphatic imine (C=N–C) groups is 3. The molecule has 0 amide bonds. The van der Waals surface area contributed by atoms with Crippen LogP contribution in [0.25, 0.3) is 0 Å². The highest BCUT2D eigenvalue weighted by Crippen LogP contribution is 2.22. The zero-order valence-electron chi connectivity index (χ0n) is 10.2. The van der Waals surface area contributed by atoms with Gasteiger partial charge in [0.25, 0.3) is 5.79 Å². The molecule has 0 aromatic rings. The third-order valence-corrected chi connectivity index (χ3v) is 2.86. The van der Waals surface area contributed by atoms with Crippen LogP contribution in [0.5, 0.6) is 0 Å². The fourth-order valence-corrected chi connectivity index (χ4v) is 1.69. The Morgan fingerprint density at radius 2 is 1.74 bits per heavy atom. The minimum absolute atomic E-state index is 0.0920. The van der Waals surface area contributed by atoms with Crippen molar-refractivity contribution >= 4 is 34.5 Å². The van der Waals surface area contributed by atoms with Crippen LogP contribution >= 0.6 is 0 Å². The number of ether oxygens (including phenoxy) is 1. The molecule has 0 heterocycles. The monoisotopic (exact) mass is 281 g/mol. The van der Waals surface area contributed by atoms with Gasteiger partial charge >= 0.3 is 5.97 Å². The van der Waals surface area contributed by atoms with Gasteiger partial charge in [-0.2, -0.15) is 15.0 Å². The van der Waals surface area contributed by atoms with Gasteiger partial charge in [0.05, 0.1) is 16.0 Å². The van der Waals surface area contributed by atoms with Crippen LogP contribution < -0.4 is 0 Å². The van der Waals surface area contributed by atoms with Crippen LogP contribution in [0.15, 0.2) is 27.6 Å². The van der Waals surface area contributed by atoms with E-state index in [4.69, 9.17) is 4.74 Å². The molecule has 0 aromatic heterocycles. The van der Waals surface area contributed by atoms with Crippen LogP contribution in [0.4, 0.5) is 0 Å². The fraction of sp³-hybridized carbons (Fsp3) is 0.400. The SMILES string of the molecule is C=CC(=O)OC([SiH3])CCC(N=C=O)(N=C=O)N=C=O. The second-order valence-electron chi connectivity index (χ2n) is 3.37. The maximum Gasteiger partial charge on any atom is 0.330 e. The molecule has 0 N–H and O–H groups in total. The third-order valence-electron chi connectivity index (χ3n) is 2.04. The van der Waals surface area contributed by atoms with Crippen molar-refractivity contribution in [2.75, 3.05) is 0 Å². The predicted molar refractivity (Wildman–Crippen MR) is 66.3 cm³/mol. The highest BCUT2D eigenvalue weighted by molar-refractivity contribution is 6.11. The van der Waals surface area contributed by atoms with Gasteiger partial charge in [-0.25, -0.2) is 19.2 Å². The molecule has 0 aliphatic rings. The third kappa shape index (κ3) is 6.16. The van der Waals surface area contributed by atoms with E-state index in [2.05, 4.69) is 21.6 Å². The van der Waals surface area contributed by atoms with E-state index < -0.39 is 17.5 Å². The molecule has 0 spiro atoms. The van der Waals surface area contributed by atoms with E-state index in [-0.39, 0.29) is 12.8 Å². The molecule has 19 heavy (non-hydrogen) atoms. The number of esters is 1. The molecule has 0 rings (SSSR count). The van der Waals surface area contributed by atoms with Gasteiger partial charge in [0, 0.05) is 12.5 Å². The summed E-state index contributed by atoms with van der Waals surface area (Å²) in [6.45, 7) is 3.24. The van der Waals surface area contributed by atoms with Crippen LogP contribution in [0.1, 0.15) is 12.8 Å². The van der Waals surface area contributed by atoms with Crippen molar-refractivity contribution in [3.8, 4) is 0 Å². The van der Waals surface area contributed by atoms with Crippen molar-refractivity contribution in [2.45, 2.75) is 24.4 Å².